The molecule has 0 aliphatic rings. The van der Waals surface area contributed by atoms with E-state index >= 15 is 0 Å². The second-order valence-corrected chi connectivity index (χ2v) is 3.36. The maximum Gasteiger partial charge on any atom is 0.0630 e. The molecule has 16 heavy (non-hydrogen) atoms. The van der Waals surface area contributed by atoms with Crippen LogP contribution < -0.4 is 0 Å². The second kappa shape index (κ2) is 4.95. The molecule has 0 fully saturated rings. The van der Waals surface area contributed by atoms with E-state index in [0.717, 1.165) is 16.8 Å². The quantitative estimate of drug-likeness (QED) is 0.526. The van der Waals surface area contributed by atoms with Crippen LogP contribution in [0.3, 0.4) is 0 Å². The van der Waals surface area contributed by atoms with Gasteiger partial charge in [-0.1, -0.05) is 36.3 Å². The van der Waals surface area contributed by atoms with Crippen LogP contribution >= 0.6 is 0 Å². The van der Waals surface area contributed by atoms with Crippen molar-refractivity contribution in [3.8, 4) is 12.3 Å². The summed E-state index contributed by atoms with van der Waals surface area (Å²) in [5.74, 6) is 2.58. The minimum atomic E-state index is 0.874. The fourth-order valence-corrected chi connectivity index (χ4v) is 1.33. The lowest BCUT2D eigenvalue weighted by atomic mass is 10.2. The number of nitrogens with zero attached hydrogens (tertiary/aromatic N) is 1. The van der Waals surface area contributed by atoms with Crippen molar-refractivity contribution < 1.29 is 0 Å². The molecule has 0 radical (unpaired) electrons. The van der Waals surface area contributed by atoms with Crippen molar-refractivity contribution in [2.45, 2.75) is 0 Å². The van der Waals surface area contributed by atoms with Crippen LogP contribution in [0.4, 0.5) is 5.69 Å². The molecule has 0 spiro atoms. The SMILES string of the molecule is C#Cc1ccc(N=Cc2ccccc2)cc1. The molecule has 0 atom stereocenters. The zero-order valence-electron chi connectivity index (χ0n) is 8.80. The highest BCUT2D eigenvalue weighted by molar-refractivity contribution is 5.81. The Morgan fingerprint density at radius 3 is 2.25 bits per heavy atom. The second-order valence-electron chi connectivity index (χ2n) is 3.36. The van der Waals surface area contributed by atoms with Crippen LogP contribution in [0.15, 0.2) is 59.6 Å². The molecule has 0 amide bonds. The highest BCUT2D eigenvalue weighted by Crippen LogP contribution is 2.12. The number of hydrogen-bond donors (Lipinski definition) is 0. The predicted octanol–water partition coefficient (Wildman–Crippen LogP) is 3.42. The lowest BCUT2D eigenvalue weighted by molar-refractivity contribution is 1.51. The molecule has 0 aliphatic carbocycles. The van der Waals surface area contributed by atoms with E-state index in [9.17, 15) is 0 Å². The van der Waals surface area contributed by atoms with Crippen LogP contribution in [0.25, 0.3) is 0 Å². The summed E-state index contributed by atoms with van der Waals surface area (Å²) in [6.07, 6.45) is 7.11. The van der Waals surface area contributed by atoms with E-state index in [2.05, 4.69) is 10.9 Å². The van der Waals surface area contributed by atoms with Gasteiger partial charge in [0.15, 0.2) is 0 Å². The van der Waals surface area contributed by atoms with Crippen LogP contribution in [-0.2, 0) is 0 Å². The maximum atomic E-state index is 5.28. The Labute approximate surface area is 95.5 Å². The number of rotatable bonds is 2. The van der Waals surface area contributed by atoms with E-state index in [4.69, 9.17) is 6.42 Å². The Bertz CT molecular complexity index is 516. The fourth-order valence-electron chi connectivity index (χ4n) is 1.33. The maximum absolute atomic E-state index is 5.28. The molecule has 0 aromatic heterocycles. The minimum absolute atomic E-state index is 0.874. The van der Waals surface area contributed by atoms with E-state index in [1.807, 2.05) is 60.8 Å². The Balaban J connectivity index is 2.15. The first-order chi connectivity index (χ1) is 7.88. The summed E-state index contributed by atoms with van der Waals surface area (Å²) in [5.41, 5.74) is 2.87. The van der Waals surface area contributed by atoms with Gasteiger partial charge in [0.2, 0.25) is 0 Å². The van der Waals surface area contributed by atoms with Gasteiger partial charge in [-0.05, 0) is 29.8 Å². The van der Waals surface area contributed by atoms with Crippen molar-refractivity contribution in [1.29, 1.82) is 0 Å². The fraction of sp³-hybridized carbons (Fsp3) is 0. The zero-order valence-corrected chi connectivity index (χ0v) is 8.80. The summed E-state index contributed by atoms with van der Waals surface area (Å²) in [5, 5.41) is 0. The van der Waals surface area contributed by atoms with Gasteiger partial charge < -0.3 is 0 Å². The smallest absolute Gasteiger partial charge is 0.0630 e. The topological polar surface area (TPSA) is 12.4 Å². The Morgan fingerprint density at radius 1 is 0.938 bits per heavy atom. The van der Waals surface area contributed by atoms with Crippen molar-refractivity contribution in [1.82, 2.24) is 0 Å². The average Bonchev–Trinajstić information content (AvgIpc) is 2.38. The van der Waals surface area contributed by atoms with Gasteiger partial charge in [-0.15, -0.1) is 6.42 Å². The van der Waals surface area contributed by atoms with E-state index in [1.165, 1.54) is 0 Å². The molecule has 2 aromatic rings. The molecule has 0 saturated heterocycles. The zero-order chi connectivity index (χ0) is 11.2. The number of terminal acetylenes is 1. The summed E-state index contributed by atoms with van der Waals surface area (Å²) < 4.78 is 0. The van der Waals surface area contributed by atoms with Gasteiger partial charge in [0.05, 0.1) is 5.69 Å². The highest BCUT2D eigenvalue weighted by atomic mass is 14.7. The van der Waals surface area contributed by atoms with Gasteiger partial charge in [0, 0.05) is 11.8 Å². The number of aliphatic imine (C=N–C) groups is 1. The first-order valence-corrected chi connectivity index (χ1v) is 5.04. The van der Waals surface area contributed by atoms with Gasteiger partial charge >= 0.3 is 0 Å². The van der Waals surface area contributed by atoms with Gasteiger partial charge in [-0.3, -0.25) is 4.99 Å². The number of hydrogen-bond acceptors (Lipinski definition) is 1. The third kappa shape index (κ3) is 2.59. The van der Waals surface area contributed by atoms with Gasteiger partial charge in [0.25, 0.3) is 0 Å². The van der Waals surface area contributed by atoms with E-state index < -0.39 is 0 Å². The summed E-state index contributed by atoms with van der Waals surface area (Å²) in [6, 6.07) is 17.6. The lowest BCUT2D eigenvalue weighted by Crippen LogP contribution is -1.78. The van der Waals surface area contributed by atoms with Crippen LogP contribution in [0.2, 0.25) is 0 Å². The molecular formula is C15H11N. The monoisotopic (exact) mass is 205 g/mol. The Morgan fingerprint density at radius 2 is 1.62 bits per heavy atom. The standard InChI is InChI=1S/C15H11N/c1-2-13-8-10-15(11-9-13)16-12-14-6-4-3-5-7-14/h1,3-12H. The summed E-state index contributed by atoms with van der Waals surface area (Å²) in [4.78, 5) is 4.36. The van der Waals surface area contributed by atoms with Crippen molar-refractivity contribution in [2.24, 2.45) is 4.99 Å². The van der Waals surface area contributed by atoms with Crippen LogP contribution in [-0.4, -0.2) is 6.21 Å². The lowest BCUT2D eigenvalue weighted by Gasteiger charge is -1.94. The molecule has 1 nitrogen and oxygen atoms in total. The molecule has 0 bridgehead atoms. The van der Waals surface area contributed by atoms with Crippen molar-refractivity contribution in [3.63, 3.8) is 0 Å². The minimum Gasteiger partial charge on any atom is -0.256 e. The van der Waals surface area contributed by atoms with E-state index in [0.29, 0.717) is 0 Å². The van der Waals surface area contributed by atoms with Crippen molar-refractivity contribution in [2.75, 3.05) is 0 Å². The highest BCUT2D eigenvalue weighted by Gasteiger charge is 1.89. The third-order valence-electron chi connectivity index (χ3n) is 2.20. The summed E-state index contributed by atoms with van der Waals surface area (Å²) in [7, 11) is 0. The molecule has 2 rings (SSSR count). The molecule has 0 saturated carbocycles. The molecule has 0 heterocycles. The molecule has 76 valence electrons. The number of benzene rings is 2. The van der Waals surface area contributed by atoms with E-state index in [1.54, 1.807) is 0 Å². The van der Waals surface area contributed by atoms with E-state index in [-0.39, 0.29) is 0 Å². The van der Waals surface area contributed by atoms with Gasteiger partial charge in [-0.2, -0.15) is 0 Å². The van der Waals surface area contributed by atoms with Gasteiger partial charge in [0.1, 0.15) is 0 Å². The predicted molar refractivity (Wildman–Crippen MR) is 68.1 cm³/mol. The van der Waals surface area contributed by atoms with Crippen LogP contribution in [0, 0.1) is 12.3 Å². The van der Waals surface area contributed by atoms with Gasteiger partial charge in [-0.25, -0.2) is 0 Å². The molecule has 0 aliphatic heterocycles. The first kappa shape index (κ1) is 10.2. The molecule has 2 aromatic carbocycles. The largest absolute Gasteiger partial charge is 0.256 e. The van der Waals surface area contributed by atoms with Crippen LogP contribution in [0.5, 0.6) is 0 Å². The molecule has 1 heteroatoms. The first-order valence-electron chi connectivity index (χ1n) is 5.04. The average molecular weight is 205 g/mol. The van der Waals surface area contributed by atoms with Crippen LogP contribution in [0.1, 0.15) is 11.1 Å². The third-order valence-corrected chi connectivity index (χ3v) is 2.20. The Kier molecular flexibility index (Phi) is 3.15. The Hall–Kier alpha value is -2.33. The molecule has 0 unspecified atom stereocenters. The van der Waals surface area contributed by atoms with Crippen molar-refractivity contribution in [3.05, 3.63) is 65.7 Å². The summed E-state index contributed by atoms with van der Waals surface area (Å²) in [6.45, 7) is 0. The normalized spacial score (nSPS) is 10.2. The van der Waals surface area contributed by atoms with Crippen molar-refractivity contribution >= 4 is 11.9 Å². The molecule has 0 N–H and O–H groups in total. The summed E-state index contributed by atoms with van der Waals surface area (Å²) >= 11 is 0. The molecular weight excluding hydrogens is 194 g/mol.